The molecule has 0 amide bonds. The van der Waals surface area contributed by atoms with Gasteiger partial charge in [-0.15, -0.1) is 11.3 Å². The zero-order valence-corrected chi connectivity index (χ0v) is 21.6. The molecule has 2 N–H and O–H groups in total. The van der Waals surface area contributed by atoms with Crippen molar-refractivity contribution < 1.29 is 9.84 Å². The zero-order chi connectivity index (χ0) is 24.7. The molecule has 5 heterocycles. The highest BCUT2D eigenvalue weighted by Gasteiger charge is 2.35. The fourth-order valence-electron chi connectivity index (χ4n) is 5.59. The van der Waals surface area contributed by atoms with E-state index in [0.717, 1.165) is 60.4 Å². The van der Waals surface area contributed by atoms with Crippen molar-refractivity contribution in [1.29, 1.82) is 0 Å². The van der Waals surface area contributed by atoms with Gasteiger partial charge in [-0.3, -0.25) is 19.8 Å². The van der Waals surface area contributed by atoms with Gasteiger partial charge in [-0.05, 0) is 31.5 Å². The topological polar surface area (TPSA) is 93.6 Å². The summed E-state index contributed by atoms with van der Waals surface area (Å²) < 4.78 is 7.44. The lowest BCUT2D eigenvalue weighted by molar-refractivity contribution is -0.0864. The van der Waals surface area contributed by atoms with E-state index in [1.807, 2.05) is 26.2 Å². The van der Waals surface area contributed by atoms with Gasteiger partial charge in [0.05, 0.1) is 46.4 Å². The highest BCUT2D eigenvalue weighted by Crippen LogP contribution is 2.38. The van der Waals surface area contributed by atoms with Crippen molar-refractivity contribution in [2.24, 2.45) is 0 Å². The van der Waals surface area contributed by atoms with E-state index in [4.69, 9.17) is 4.74 Å². The van der Waals surface area contributed by atoms with Crippen molar-refractivity contribution >= 4 is 32.5 Å². The number of ether oxygens (including phenoxy) is 1. The van der Waals surface area contributed by atoms with E-state index in [-0.39, 0.29) is 12.3 Å². The van der Waals surface area contributed by atoms with Crippen LogP contribution in [0.2, 0.25) is 0 Å². The molecule has 3 aromatic heterocycles. The van der Waals surface area contributed by atoms with E-state index in [9.17, 15) is 5.11 Å². The Morgan fingerprint density at radius 1 is 1.17 bits per heavy atom. The Bertz CT molecular complexity index is 1290. The minimum absolute atomic E-state index is 0.0202. The van der Waals surface area contributed by atoms with Crippen LogP contribution in [0, 0.1) is 0 Å². The van der Waals surface area contributed by atoms with Crippen molar-refractivity contribution in [3.8, 4) is 0 Å². The van der Waals surface area contributed by atoms with Gasteiger partial charge in [0, 0.05) is 62.3 Å². The molecule has 1 aromatic carbocycles. The second kappa shape index (κ2) is 9.77. The van der Waals surface area contributed by atoms with Gasteiger partial charge < -0.3 is 9.84 Å². The molecule has 2 atom stereocenters. The Kier molecular flexibility index (Phi) is 6.49. The number of piperazine rings is 1. The molecule has 2 aliphatic heterocycles. The number of hydrogen-bond acceptors (Lipinski definition) is 9. The predicted octanol–water partition coefficient (Wildman–Crippen LogP) is 3.03. The largest absolute Gasteiger partial charge is 0.389 e. The number of morpholine rings is 1. The molecule has 10 heteroatoms. The first kappa shape index (κ1) is 23.9. The van der Waals surface area contributed by atoms with Crippen molar-refractivity contribution in [2.45, 2.75) is 31.7 Å². The summed E-state index contributed by atoms with van der Waals surface area (Å²) in [6.07, 6.45) is 5.56. The van der Waals surface area contributed by atoms with Gasteiger partial charge in [-0.25, -0.2) is 9.97 Å². The van der Waals surface area contributed by atoms with Crippen LogP contribution in [0.25, 0.3) is 21.1 Å². The maximum Gasteiger partial charge on any atom is 0.116 e. The van der Waals surface area contributed by atoms with Crippen LogP contribution in [-0.4, -0.2) is 98.0 Å². The van der Waals surface area contributed by atoms with E-state index >= 15 is 0 Å². The number of nitrogens with zero attached hydrogens (tertiary/aromatic N) is 6. The minimum atomic E-state index is -0.683. The van der Waals surface area contributed by atoms with Gasteiger partial charge in [0.15, 0.2) is 0 Å². The number of benzene rings is 1. The molecule has 2 aliphatic rings. The monoisotopic (exact) mass is 507 g/mol. The summed E-state index contributed by atoms with van der Waals surface area (Å²) in [6, 6.07) is 8.52. The molecule has 36 heavy (non-hydrogen) atoms. The van der Waals surface area contributed by atoms with Crippen LogP contribution in [0.5, 0.6) is 0 Å². The Morgan fingerprint density at radius 2 is 2.03 bits per heavy atom. The summed E-state index contributed by atoms with van der Waals surface area (Å²) >= 11 is 1.79. The second-order valence-electron chi connectivity index (χ2n) is 10.5. The predicted molar refractivity (Wildman–Crippen MR) is 141 cm³/mol. The van der Waals surface area contributed by atoms with Crippen molar-refractivity contribution in [3.63, 3.8) is 0 Å². The first-order chi connectivity index (χ1) is 17.4. The SMILES string of the molecule is CC(C)(O)CN1CCN(C(c2cc3ncncc3s2)N2CCOC(c3cccc4[nH]ncc34)C2)CC1. The highest BCUT2D eigenvalue weighted by atomic mass is 32.1. The van der Waals surface area contributed by atoms with Crippen LogP contribution in [0.15, 0.2) is 43.0 Å². The number of aromatic nitrogens is 4. The molecule has 0 spiro atoms. The van der Waals surface area contributed by atoms with Gasteiger partial charge in [0.1, 0.15) is 6.33 Å². The van der Waals surface area contributed by atoms with Gasteiger partial charge in [-0.2, -0.15) is 5.10 Å². The van der Waals surface area contributed by atoms with Crippen LogP contribution in [0.4, 0.5) is 0 Å². The molecule has 190 valence electrons. The second-order valence-corrected chi connectivity index (χ2v) is 11.6. The average molecular weight is 508 g/mol. The molecule has 0 aliphatic carbocycles. The molecule has 4 aromatic rings. The lowest BCUT2D eigenvalue weighted by atomic mass is 10.0. The summed E-state index contributed by atoms with van der Waals surface area (Å²) in [5.74, 6) is 0. The standard InChI is InChI=1S/C26H33N7O2S/c1-26(2,34)16-31-6-8-32(9-7-31)25(23-12-21-24(36-23)14-27-17-28-21)33-10-11-35-22(15-33)18-4-3-5-20-19(18)13-29-30-20/h3-5,12-14,17,22,25,34H,6-11,15-16H2,1-2H3,(H,29,30). The third kappa shape index (κ3) is 4.89. The van der Waals surface area contributed by atoms with E-state index in [2.05, 4.69) is 59.1 Å². The molecule has 9 nitrogen and oxygen atoms in total. The third-order valence-corrected chi connectivity index (χ3v) is 8.24. The molecular formula is C26H33N7O2S. The zero-order valence-electron chi connectivity index (χ0n) is 20.8. The van der Waals surface area contributed by atoms with Gasteiger partial charge in [0.2, 0.25) is 0 Å². The number of aliphatic hydroxyl groups is 1. The number of rotatable bonds is 6. The Labute approximate surface area is 214 Å². The third-order valence-electron chi connectivity index (χ3n) is 7.14. The summed E-state index contributed by atoms with van der Waals surface area (Å²) in [4.78, 5) is 17.6. The maximum atomic E-state index is 10.3. The van der Waals surface area contributed by atoms with Crippen molar-refractivity contribution in [2.75, 3.05) is 52.4 Å². The van der Waals surface area contributed by atoms with Gasteiger partial charge in [-0.1, -0.05) is 12.1 Å². The normalized spacial score (nSPS) is 21.9. The number of H-pyrrole nitrogens is 1. The van der Waals surface area contributed by atoms with Gasteiger partial charge in [0.25, 0.3) is 0 Å². The fraction of sp³-hybridized carbons (Fsp3) is 0.500. The van der Waals surface area contributed by atoms with Crippen molar-refractivity contribution in [1.82, 2.24) is 34.9 Å². The fourth-order valence-corrected chi connectivity index (χ4v) is 6.74. The molecule has 2 saturated heterocycles. The molecule has 0 radical (unpaired) electrons. The maximum absolute atomic E-state index is 10.3. The lowest BCUT2D eigenvalue weighted by Crippen LogP contribution is -2.55. The van der Waals surface area contributed by atoms with Crippen LogP contribution < -0.4 is 0 Å². The Morgan fingerprint density at radius 3 is 2.83 bits per heavy atom. The van der Waals surface area contributed by atoms with E-state index in [1.165, 1.54) is 10.4 Å². The first-order valence-corrected chi connectivity index (χ1v) is 13.4. The molecule has 0 saturated carbocycles. The summed E-state index contributed by atoms with van der Waals surface area (Å²) in [6.45, 7) is 10.6. The average Bonchev–Trinajstić information content (AvgIpc) is 3.51. The van der Waals surface area contributed by atoms with E-state index in [1.54, 1.807) is 17.7 Å². The van der Waals surface area contributed by atoms with Crippen molar-refractivity contribution in [3.05, 3.63) is 53.4 Å². The van der Waals surface area contributed by atoms with Crippen LogP contribution in [-0.2, 0) is 4.74 Å². The highest BCUT2D eigenvalue weighted by molar-refractivity contribution is 7.19. The molecule has 2 fully saturated rings. The smallest absolute Gasteiger partial charge is 0.116 e. The van der Waals surface area contributed by atoms with Crippen LogP contribution in [0.3, 0.4) is 0 Å². The first-order valence-electron chi connectivity index (χ1n) is 12.6. The number of fused-ring (bicyclic) bond motifs is 2. The van der Waals surface area contributed by atoms with E-state index < -0.39 is 5.60 Å². The summed E-state index contributed by atoms with van der Waals surface area (Å²) in [5.41, 5.74) is 2.54. The number of nitrogens with one attached hydrogen (secondary N) is 1. The Hall–Kier alpha value is -2.47. The summed E-state index contributed by atoms with van der Waals surface area (Å²) in [5, 5.41) is 18.8. The minimum Gasteiger partial charge on any atom is -0.389 e. The molecular weight excluding hydrogens is 474 g/mol. The van der Waals surface area contributed by atoms with Gasteiger partial charge >= 0.3 is 0 Å². The van der Waals surface area contributed by atoms with Crippen LogP contribution in [0.1, 0.15) is 36.6 Å². The number of hydrogen-bond donors (Lipinski definition) is 2. The quantitative estimate of drug-likeness (QED) is 0.411. The number of β-amino-alcohol motifs (C(OH)–C–C–N with tert-alkyl or cyclic N) is 1. The Balaban J connectivity index is 1.29. The van der Waals surface area contributed by atoms with Crippen LogP contribution >= 0.6 is 11.3 Å². The number of aromatic amines is 1. The van der Waals surface area contributed by atoms with E-state index in [0.29, 0.717) is 13.2 Å². The molecule has 2 unspecified atom stereocenters. The molecule has 6 rings (SSSR count). The summed E-state index contributed by atoms with van der Waals surface area (Å²) in [7, 11) is 0. The lowest BCUT2D eigenvalue weighted by Gasteiger charge is -2.46. The number of thiophene rings is 1. The molecule has 0 bridgehead atoms.